The SMILES string of the molecule is CC(C)(CCc1nnc([C@@H]2CC[C@@H]3CN2C(=O)N3OCc2ccccc2)o1)OC(=O)NOC(=O)N1CCC1. The quantitative estimate of drug-likeness (QED) is 0.511. The molecular formula is C25H32N6O7. The van der Waals surface area contributed by atoms with Crippen molar-refractivity contribution in [2.24, 2.45) is 0 Å². The second kappa shape index (κ2) is 10.9. The number of fused-ring (bicyclic) bond motifs is 2. The third-order valence-corrected chi connectivity index (χ3v) is 6.95. The highest BCUT2D eigenvalue weighted by molar-refractivity contribution is 5.77. The van der Waals surface area contributed by atoms with Crippen molar-refractivity contribution < 1.29 is 33.2 Å². The normalized spacial score (nSPS) is 20.8. The number of likely N-dealkylation sites (tertiary alicyclic amines) is 1. The Balaban J connectivity index is 1.10. The Kier molecular flexibility index (Phi) is 7.36. The first kappa shape index (κ1) is 25.8. The van der Waals surface area contributed by atoms with Crippen LogP contribution in [0.1, 0.15) is 62.9 Å². The molecular weight excluding hydrogens is 496 g/mol. The Bertz CT molecular complexity index is 1150. The van der Waals surface area contributed by atoms with Crippen LogP contribution in [0, 0.1) is 0 Å². The van der Waals surface area contributed by atoms with Gasteiger partial charge in [0.05, 0.1) is 6.04 Å². The minimum Gasteiger partial charge on any atom is -0.441 e. The van der Waals surface area contributed by atoms with E-state index < -0.39 is 17.8 Å². The van der Waals surface area contributed by atoms with E-state index in [1.807, 2.05) is 35.8 Å². The zero-order chi connectivity index (χ0) is 26.7. The summed E-state index contributed by atoms with van der Waals surface area (Å²) in [6, 6.07) is 9.18. The van der Waals surface area contributed by atoms with Gasteiger partial charge in [-0.2, -0.15) is 5.06 Å². The van der Waals surface area contributed by atoms with Gasteiger partial charge >= 0.3 is 18.2 Å². The van der Waals surface area contributed by atoms with Gasteiger partial charge in [-0.05, 0) is 45.1 Å². The molecule has 13 heteroatoms. The Hall–Kier alpha value is -3.87. The number of amides is 4. The van der Waals surface area contributed by atoms with E-state index in [0.29, 0.717) is 57.3 Å². The summed E-state index contributed by atoms with van der Waals surface area (Å²) in [5.74, 6) is 0.762. The van der Waals surface area contributed by atoms with Crippen LogP contribution in [-0.2, 0) is 27.4 Å². The molecule has 4 heterocycles. The number of carbonyl (C=O) groups excluding carboxylic acids is 3. The molecule has 0 unspecified atom stereocenters. The number of carbonyl (C=O) groups is 3. The lowest BCUT2D eigenvalue weighted by Crippen LogP contribution is -2.45. The number of nitrogens with one attached hydrogen (secondary N) is 1. The highest BCUT2D eigenvalue weighted by Gasteiger charge is 2.47. The number of aryl methyl sites for hydroxylation is 1. The van der Waals surface area contributed by atoms with Crippen molar-refractivity contribution in [2.45, 2.75) is 70.2 Å². The fourth-order valence-electron chi connectivity index (χ4n) is 4.65. The number of hydrogen-bond acceptors (Lipinski definition) is 9. The van der Waals surface area contributed by atoms with Gasteiger partial charge < -0.3 is 23.8 Å². The van der Waals surface area contributed by atoms with E-state index in [0.717, 1.165) is 18.4 Å². The van der Waals surface area contributed by atoms with Crippen molar-refractivity contribution >= 4 is 18.2 Å². The highest BCUT2D eigenvalue weighted by Crippen LogP contribution is 2.38. The van der Waals surface area contributed by atoms with Crippen LogP contribution in [0.15, 0.2) is 34.7 Å². The average Bonchev–Trinajstić information content (AvgIpc) is 3.43. The largest absolute Gasteiger partial charge is 0.441 e. The van der Waals surface area contributed by atoms with Gasteiger partial charge in [-0.25, -0.2) is 14.4 Å². The fourth-order valence-corrected chi connectivity index (χ4v) is 4.65. The monoisotopic (exact) mass is 528 g/mol. The summed E-state index contributed by atoms with van der Waals surface area (Å²) in [5, 5.41) is 9.81. The first-order chi connectivity index (χ1) is 18.3. The summed E-state index contributed by atoms with van der Waals surface area (Å²) in [5.41, 5.74) is 2.12. The average molecular weight is 529 g/mol. The Labute approximate surface area is 219 Å². The number of rotatable bonds is 8. The maximum atomic E-state index is 13.1. The van der Waals surface area contributed by atoms with Crippen LogP contribution in [0.3, 0.4) is 0 Å². The molecule has 3 aliphatic heterocycles. The van der Waals surface area contributed by atoms with Crippen LogP contribution in [0.25, 0.3) is 0 Å². The van der Waals surface area contributed by atoms with Gasteiger partial charge in [-0.3, -0.25) is 4.84 Å². The van der Waals surface area contributed by atoms with E-state index in [2.05, 4.69) is 10.2 Å². The Morgan fingerprint density at radius 2 is 1.95 bits per heavy atom. The second-order valence-corrected chi connectivity index (χ2v) is 10.3. The molecule has 0 spiro atoms. The first-order valence-corrected chi connectivity index (χ1v) is 12.8. The van der Waals surface area contributed by atoms with E-state index in [1.165, 1.54) is 9.96 Å². The van der Waals surface area contributed by atoms with Crippen molar-refractivity contribution in [1.29, 1.82) is 0 Å². The molecule has 2 bridgehead atoms. The van der Waals surface area contributed by atoms with Crippen molar-refractivity contribution in [3.8, 4) is 0 Å². The van der Waals surface area contributed by atoms with Crippen LogP contribution in [0.4, 0.5) is 14.4 Å². The van der Waals surface area contributed by atoms with Gasteiger partial charge in [-0.1, -0.05) is 30.3 Å². The minimum atomic E-state index is -0.887. The molecule has 2 aromatic rings. The Morgan fingerprint density at radius 1 is 1.16 bits per heavy atom. The number of aromatic nitrogens is 2. The molecule has 204 valence electrons. The first-order valence-electron chi connectivity index (χ1n) is 12.8. The lowest BCUT2D eigenvalue weighted by Gasteiger charge is -2.29. The number of hydroxylamine groups is 3. The van der Waals surface area contributed by atoms with E-state index in [-0.39, 0.29) is 18.1 Å². The fraction of sp³-hybridized carbons (Fsp3) is 0.560. The van der Waals surface area contributed by atoms with Gasteiger partial charge in [-0.15, -0.1) is 15.7 Å². The third-order valence-electron chi connectivity index (χ3n) is 6.95. The molecule has 3 saturated heterocycles. The van der Waals surface area contributed by atoms with Crippen molar-refractivity contribution in [3.63, 3.8) is 0 Å². The molecule has 4 amide bonds. The maximum Gasteiger partial charge on any atom is 0.441 e. The van der Waals surface area contributed by atoms with E-state index >= 15 is 0 Å². The Morgan fingerprint density at radius 3 is 2.68 bits per heavy atom. The summed E-state index contributed by atoms with van der Waals surface area (Å²) in [7, 11) is 0. The van der Waals surface area contributed by atoms with Gasteiger partial charge in [0.1, 0.15) is 18.2 Å². The summed E-state index contributed by atoms with van der Waals surface area (Å²) in [4.78, 5) is 50.6. The summed E-state index contributed by atoms with van der Waals surface area (Å²) in [6.07, 6.45) is 1.64. The summed E-state index contributed by atoms with van der Waals surface area (Å²) < 4.78 is 11.3. The van der Waals surface area contributed by atoms with E-state index in [9.17, 15) is 14.4 Å². The summed E-state index contributed by atoms with van der Waals surface area (Å²) >= 11 is 0. The van der Waals surface area contributed by atoms with Gasteiger partial charge in [0.2, 0.25) is 11.8 Å². The lowest BCUT2D eigenvalue weighted by atomic mass is 10.0. The molecule has 0 aliphatic carbocycles. The summed E-state index contributed by atoms with van der Waals surface area (Å²) in [6.45, 7) is 5.55. The van der Waals surface area contributed by atoms with E-state index in [1.54, 1.807) is 18.7 Å². The standard InChI is InChI=1S/C25H32N6O7/c1-25(2,37-22(32)28-38-24(34)29-13-6-14-29)12-11-20-26-27-21(36-20)19-10-9-18-15-30(19)23(33)31(18)35-16-17-7-4-3-5-8-17/h3-5,7-8,18-19H,6,9-16H2,1-2H3,(H,28,32)/t18-,19+/m1/s1. The van der Waals surface area contributed by atoms with Gasteiger partial charge in [0, 0.05) is 26.1 Å². The molecule has 1 N–H and O–H groups in total. The smallest absolute Gasteiger partial charge is 0.441 e. The number of piperidine rings is 1. The molecule has 1 aromatic carbocycles. The predicted molar refractivity (Wildman–Crippen MR) is 130 cm³/mol. The molecule has 0 radical (unpaired) electrons. The second-order valence-electron chi connectivity index (χ2n) is 10.3. The van der Waals surface area contributed by atoms with Crippen LogP contribution >= 0.6 is 0 Å². The molecule has 3 fully saturated rings. The van der Waals surface area contributed by atoms with E-state index in [4.69, 9.17) is 18.8 Å². The zero-order valence-electron chi connectivity index (χ0n) is 21.5. The number of ether oxygens (including phenoxy) is 1. The molecule has 13 nitrogen and oxygen atoms in total. The molecule has 1 aromatic heterocycles. The lowest BCUT2D eigenvalue weighted by molar-refractivity contribution is -0.140. The van der Waals surface area contributed by atoms with Crippen LogP contribution in [0.5, 0.6) is 0 Å². The van der Waals surface area contributed by atoms with Crippen LogP contribution in [0.2, 0.25) is 0 Å². The van der Waals surface area contributed by atoms with Crippen LogP contribution in [-0.4, -0.2) is 74.6 Å². The van der Waals surface area contributed by atoms with Gasteiger partial charge in [0.25, 0.3) is 0 Å². The van der Waals surface area contributed by atoms with Crippen molar-refractivity contribution in [3.05, 3.63) is 47.7 Å². The third kappa shape index (κ3) is 5.82. The predicted octanol–water partition coefficient (Wildman–Crippen LogP) is 3.34. The molecule has 2 atom stereocenters. The molecule has 0 saturated carbocycles. The maximum absolute atomic E-state index is 13.1. The molecule has 38 heavy (non-hydrogen) atoms. The number of nitrogens with zero attached hydrogens (tertiary/aromatic N) is 5. The minimum absolute atomic E-state index is 0.0147. The number of benzene rings is 1. The number of hydrogen-bond donors (Lipinski definition) is 1. The topological polar surface area (TPSA) is 140 Å². The highest BCUT2D eigenvalue weighted by atomic mass is 16.7. The van der Waals surface area contributed by atoms with Gasteiger partial charge in [0.15, 0.2) is 0 Å². The van der Waals surface area contributed by atoms with Crippen LogP contribution < -0.4 is 5.48 Å². The zero-order valence-corrected chi connectivity index (χ0v) is 21.5. The van der Waals surface area contributed by atoms with Crippen molar-refractivity contribution in [2.75, 3.05) is 19.6 Å². The van der Waals surface area contributed by atoms with Crippen molar-refractivity contribution in [1.82, 2.24) is 30.5 Å². The molecule has 5 rings (SSSR count). The molecule has 3 aliphatic rings. The number of urea groups is 1.